The summed E-state index contributed by atoms with van der Waals surface area (Å²) in [6, 6.07) is 3.17. The maximum atomic E-state index is 13.8. The van der Waals surface area contributed by atoms with Gasteiger partial charge in [-0.15, -0.1) is 0 Å². The summed E-state index contributed by atoms with van der Waals surface area (Å²) in [4.78, 5) is 43.0. The topological polar surface area (TPSA) is 118 Å². The molecule has 44 heavy (non-hydrogen) atoms. The summed E-state index contributed by atoms with van der Waals surface area (Å²) in [5.41, 5.74) is 3.86. The van der Waals surface area contributed by atoms with Crippen molar-refractivity contribution in [2.45, 2.75) is 92.1 Å². The van der Waals surface area contributed by atoms with E-state index in [9.17, 15) is 19.5 Å². The van der Waals surface area contributed by atoms with Crippen molar-refractivity contribution < 1.29 is 24.2 Å². The maximum Gasteiger partial charge on any atom is 0.309 e. The van der Waals surface area contributed by atoms with Crippen LogP contribution in [0, 0.1) is 33.0 Å². The molecule has 0 saturated heterocycles. The second-order valence-corrected chi connectivity index (χ2v) is 15.3. The number of nitrogens with zero attached hydrogens (tertiary/aromatic N) is 2. The van der Waals surface area contributed by atoms with Crippen molar-refractivity contribution in [1.29, 1.82) is 0 Å². The highest BCUT2D eigenvalue weighted by atomic mass is 16.5. The van der Waals surface area contributed by atoms with Gasteiger partial charge in [-0.3, -0.25) is 19.4 Å². The molecule has 1 aromatic rings. The quantitative estimate of drug-likeness (QED) is 0.384. The first-order valence-electron chi connectivity index (χ1n) is 15.9. The van der Waals surface area contributed by atoms with Gasteiger partial charge in [0.1, 0.15) is 11.3 Å². The van der Waals surface area contributed by atoms with Gasteiger partial charge < -0.3 is 9.84 Å². The molecular formula is C36H45N3O5. The van der Waals surface area contributed by atoms with Crippen molar-refractivity contribution >= 4 is 23.4 Å². The van der Waals surface area contributed by atoms with E-state index in [4.69, 9.17) is 4.74 Å². The number of methoxy groups -OCH3 is 1. The van der Waals surface area contributed by atoms with Gasteiger partial charge in [-0.25, -0.2) is 5.43 Å². The van der Waals surface area contributed by atoms with Crippen molar-refractivity contribution in [2.75, 3.05) is 7.11 Å². The van der Waals surface area contributed by atoms with Crippen molar-refractivity contribution in [3.05, 3.63) is 65.0 Å². The molecule has 0 aliphatic heterocycles. The number of carbonyl (C=O) groups excluding carboxylic acids is 2. The Bertz CT molecular complexity index is 1580. The van der Waals surface area contributed by atoms with E-state index in [1.165, 1.54) is 18.0 Å². The number of aromatic nitrogens is 1. The van der Waals surface area contributed by atoms with Crippen LogP contribution in [0.2, 0.25) is 0 Å². The first kappa shape index (κ1) is 30.6. The molecule has 3 fully saturated rings. The Morgan fingerprint density at radius 1 is 0.955 bits per heavy atom. The highest BCUT2D eigenvalue weighted by Gasteiger charge is 2.68. The van der Waals surface area contributed by atoms with E-state index in [1.54, 1.807) is 25.3 Å². The number of hydrogen-bond acceptors (Lipinski definition) is 6. The van der Waals surface area contributed by atoms with Crippen LogP contribution in [0.25, 0.3) is 0 Å². The van der Waals surface area contributed by atoms with Gasteiger partial charge >= 0.3 is 5.97 Å². The molecule has 8 heteroatoms. The molecule has 234 valence electrons. The molecule has 8 nitrogen and oxygen atoms in total. The highest BCUT2D eigenvalue weighted by Crippen LogP contribution is 2.75. The minimum Gasteiger partial charge on any atom is -0.481 e. The van der Waals surface area contributed by atoms with E-state index >= 15 is 0 Å². The number of fused-ring (bicyclic) bond motifs is 7. The number of allylic oxidation sites excluding steroid dienone is 4. The molecule has 1 aromatic heterocycles. The lowest BCUT2D eigenvalue weighted by Gasteiger charge is -2.70. The molecule has 0 radical (unpaired) electrons. The lowest BCUT2D eigenvalue weighted by atomic mass is 9.34. The van der Waals surface area contributed by atoms with Crippen LogP contribution in [-0.2, 0) is 14.3 Å². The Balaban J connectivity index is 1.41. The number of aliphatic carboxylic acids is 1. The fourth-order valence-electron chi connectivity index (χ4n) is 9.83. The van der Waals surface area contributed by atoms with Crippen LogP contribution in [0.3, 0.4) is 0 Å². The lowest BCUT2D eigenvalue weighted by molar-refractivity contribution is -0.178. The minimum atomic E-state index is -1.16. The van der Waals surface area contributed by atoms with Gasteiger partial charge in [0.2, 0.25) is 5.78 Å². The van der Waals surface area contributed by atoms with E-state index in [-0.39, 0.29) is 33.7 Å². The molecule has 1 amide bonds. The molecule has 5 aliphatic rings. The van der Waals surface area contributed by atoms with Crippen LogP contribution in [-0.4, -0.2) is 46.2 Å². The van der Waals surface area contributed by atoms with Crippen molar-refractivity contribution in [2.24, 2.45) is 38.1 Å². The first-order chi connectivity index (χ1) is 20.6. The number of carboxylic acid groups (broad SMARTS) is 1. The van der Waals surface area contributed by atoms with Gasteiger partial charge in [0.25, 0.3) is 5.91 Å². The Morgan fingerprint density at radius 2 is 1.64 bits per heavy atom. The third-order valence-corrected chi connectivity index (χ3v) is 13.2. The molecule has 5 aliphatic carbocycles. The van der Waals surface area contributed by atoms with E-state index in [1.807, 2.05) is 13.8 Å². The second kappa shape index (κ2) is 9.80. The summed E-state index contributed by atoms with van der Waals surface area (Å²) < 4.78 is 6.07. The van der Waals surface area contributed by atoms with E-state index < -0.39 is 28.3 Å². The average molecular weight is 600 g/mol. The van der Waals surface area contributed by atoms with Gasteiger partial charge in [0.05, 0.1) is 5.41 Å². The lowest BCUT2D eigenvalue weighted by Crippen LogP contribution is -2.62. The summed E-state index contributed by atoms with van der Waals surface area (Å²) in [6.45, 7) is 13.2. The molecule has 1 heterocycles. The predicted molar refractivity (Wildman–Crippen MR) is 168 cm³/mol. The molecule has 0 spiro atoms. The van der Waals surface area contributed by atoms with Gasteiger partial charge in [0, 0.05) is 30.5 Å². The standard InChI is InChI=1S/C36H45N3O5/c1-31-12-13-32(2,30(42)43)21-27(31)35(5)17-15-33(3)24-20-25(40)28(38-39-29(41)22-10-18-37-19-11-22)36(6,44-7)23(24)8-9-26(33)34(35,4)16-14-31/h8-11,18-20,27H,12-17,21H2,1-7H3,(H,39,41)(H,42,43)/t27-,31-,32-,33+,34-,35+,36+/m1/s1. The molecule has 3 saturated carbocycles. The molecule has 7 atom stereocenters. The number of carboxylic acids is 1. The molecular weight excluding hydrogens is 554 g/mol. The highest BCUT2D eigenvalue weighted by molar-refractivity contribution is 6.49. The number of amides is 1. The Morgan fingerprint density at radius 3 is 2.30 bits per heavy atom. The zero-order valence-electron chi connectivity index (χ0n) is 27.0. The number of rotatable bonds is 4. The van der Waals surface area contributed by atoms with Crippen LogP contribution in [0.4, 0.5) is 0 Å². The summed E-state index contributed by atoms with van der Waals surface area (Å²) in [5.74, 6) is -1.11. The van der Waals surface area contributed by atoms with Crippen molar-refractivity contribution in [3.63, 3.8) is 0 Å². The minimum absolute atomic E-state index is 0.0819. The number of hydrazone groups is 1. The summed E-state index contributed by atoms with van der Waals surface area (Å²) >= 11 is 0. The van der Waals surface area contributed by atoms with E-state index in [0.29, 0.717) is 12.0 Å². The SMILES string of the molecule is CO[C@@]1(C)C2=CC=C3[C@@](C)(CC[C@@]4(C)[C@@H]5C[C@](C)(C(=O)O)CC[C@]5(C)CC[C@]34C)C2=CC(=O)C1=NNC(=O)c1ccncc1. The summed E-state index contributed by atoms with van der Waals surface area (Å²) in [7, 11) is 1.57. The number of ether oxygens (including phenoxy) is 1. The third-order valence-electron chi connectivity index (χ3n) is 13.2. The van der Waals surface area contributed by atoms with Crippen LogP contribution in [0.5, 0.6) is 0 Å². The number of nitrogens with one attached hydrogen (secondary N) is 1. The zero-order valence-corrected chi connectivity index (χ0v) is 27.0. The average Bonchev–Trinajstić information content (AvgIpc) is 3.00. The van der Waals surface area contributed by atoms with Crippen LogP contribution < -0.4 is 5.43 Å². The van der Waals surface area contributed by atoms with Gasteiger partial charge in [-0.05, 0) is 110 Å². The number of pyridine rings is 1. The largest absolute Gasteiger partial charge is 0.481 e. The third kappa shape index (κ3) is 4.02. The molecule has 6 rings (SSSR count). The van der Waals surface area contributed by atoms with Crippen LogP contribution in [0.1, 0.15) is 96.8 Å². The summed E-state index contributed by atoms with van der Waals surface area (Å²) in [6.07, 6.45) is 15.4. The zero-order chi connectivity index (χ0) is 31.9. The smallest absolute Gasteiger partial charge is 0.309 e. The normalized spacial score (nSPS) is 42.1. The van der Waals surface area contributed by atoms with Crippen LogP contribution >= 0.6 is 0 Å². The van der Waals surface area contributed by atoms with Gasteiger partial charge in [-0.1, -0.05) is 45.4 Å². The van der Waals surface area contributed by atoms with Crippen molar-refractivity contribution in [3.8, 4) is 0 Å². The van der Waals surface area contributed by atoms with Crippen LogP contribution in [0.15, 0.2) is 64.6 Å². The van der Waals surface area contributed by atoms with Gasteiger partial charge in [0.15, 0.2) is 0 Å². The fourth-order valence-corrected chi connectivity index (χ4v) is 9.83. The molecule has 2 N–H and O–H groups in total. The van der Waals surface area contributed by atoms with Crippen molar-refractivity contribution in [1.82, 2.24) is 10.4 Å². The summed E-state index contributed by atoms with van der Waals surface area (Å²) in [5, 5.41) is 14.5. The maximum absolute atomic E-state index is 13.8. The molecule has 0 unspecified atom stereocenters. The number of ketones is 1. The first-order valence-corrected chi connectivity index (χ1v) is 15.9. The van der Waals surface area contributed by atoms with Gasteiger partial charge in [-0.2, -0.15) is 5.10 Å². The Kier molecular flexibility index (Phi) is 6.82. The second-order valence-electron chi connectivity index (χ2n) is 15.3. The molecule has 0 bridgehead atoms. The Labute approximate surface area is 260 Å². The number of hydrogen-bond donors (Lipinski definition) is 2. The number of carbonyl (C=O) groups is 3. The molecule has 0 aromatic carbocycles. The Hall–Kier alpha value is -3.39. The monoisotopic (exact) mass is 599 g/mol. The fraction of sp³-hybridized carbons (Fsp3) is 0.583. The van der Waals surface area contributed by atoms with E-state index in [2.05, 4.69) is 55.4 Å². The predicted octanol–water partition coefficient (Wildman–Crippen LogP) is 6.45. The van der Waals surface area contributed by atoms with E-state index in [0.717, 1.165) is 49.7 Å².